The highest BCUT2D eigenvalue weighted by Crippen LogP contribution is 2.32. The second-order valence-electron chi connectivity index (χ2n) is 7.48. The number of phenols is 1. The average molecular weight is 352 g/mol. The molecule has 0 saturated heterocycles. The van der Waals surface area contributed by atoms with E-state index in [1.54, 1.807) is 18.3 Å². The molecule has 0 aliphatic carbocycles. The molecule has 1 atom stereocenters. The van der Waals surface area contributed by atoms with E-state index in [1.165, 1.54) is 0 Å². The van der Waals surface area contributed by atoms with Gasteiger partial charge in [-0.05, 0) is 64.4 Å². The summed E-state index contributed by atoms with van der Waals surface area (Å²) in [4.78, 5) is 17.3. The summed E-state index contributed by atoms with van der Waals surface area (Å²) in [5.74, 6) is -0.140. The first kappa shape index (κ1) is 18.0. The van der Waals surface area contributed by atoms with E-state index >= 15 is 0 Å². The summed E-state index contributed by atoms with van der Waals surface area (Å²) < 4.78 is 7.63. The van der Waals surface area contributed by atoms with Crippen LogP contribution < -0.4 is 0 Å². The largest absolute Gasteiger partial charge is 0.508 e. The summed E-state index contributed by atoms with van der Waals surface area (Å²) in [7, 11) is 0. The van der Waals surface area contributed by atoms with Gasteiger partial charge in [-0.15, -0.1) is 0 Å². The standard InChI is InChI=1S/C21H24N2O3/c1-13(15-8-6-9-16(24)12-15)23-14(2)18(20(25)26-21(3,4)5)17-10-7-11-22-19(17)23/h6-13,24H,1-5H3. The van der Waals surface area contributed by atoms with Gasteiger partial charge in [0.2, 0.25) is 0 Å². The third kappa shape index (κ3) is 3.29. The molecule has 3 aromatic rings. The minimum atomic E-state index is -0.572. The van der Waals surface area contributed by atoms with Crippen molar-refractivity contribution in [2.75, 3.05) is 0 Å². The molecule has 0 aliphatic heterocycles. The van der Waals surface area contributed by atoms with E-state index < -0.39 is 5.60 Å². The molecule has 0 bridgehead atoms. The van der Waals surface area contributed by atoms with Crippen LogP contribution in [0.5, 0.6) is 5.75 Å². The van der Waals surface area contributed by atoms with Crippen molar-refractivity contribution < 1.29 is 14.6 Å². The van der Waals surface area contributed by atoms with Crippen LogP contribution in [0.25, 0.3) is 11.0 Å². The Kier molecular flexibility index (Phi) is 4.48. The summed E-state index contributed by atoms with van der Waals surface area (Å²) >= 11 is 0. The van der Waals surface area contributed by atoms with Crippen LogP contribution in [0.2, 0.25) is 0 Å². The fourth-order valence-corrected chi connectivity index (χ4v) is 3.25. The zero-order chi connectivity index (χ0) is 19.1. The lowest BCUT2D eigenvalue weighted by Gasteiger charge is -2.20. The number of hydrogen-bond acceptors (Lipinski definition) is 4. The quantitative estimate of drug-likeness (QED) is 0.699. The van der Waals surface area contributed by atoms with Crippen LogP contribution in [-0.2, 0) is 4.74 Å². The highest BCUT2D eigenvalue weighted by molar-refractivity contribution is 6.05. The zero-order valence-corrected chi connectivity index (χ0v) is 15.8. The Labute approximate surface area is 153 Å². The number of carbonyl (C=O) groups excluding carboxylic acids is 1. The molecule has 5 heteroatoms. The molecule has 0 amide bonds. The van der Waals surface area contributed by atoms with Crippen LogP contribution in [0.15, 0.2) is 42.6 Å². The normalized spacial score (nSPS) is 13.0. The highest BCUT2D eigenvalue weighted by atomic mass is 16.6. The van der Waals surface area contributed by atoms with Gasteiger partial charge in [0.25, 0.3) is 0 Å². The van der Waals surface area contributed by atoms with Crippen molar-refractivity contribution >= 4 is 17.0 Å². The van der Waals surface area contributed by atoms with Crippen LogP contribution in [-0.4, -0.2) is 26.2 Å². The summed E-state index contributed by atoms with van der Waals surface area (Å²) in [6, 6.07) is 10.7. The average Bonchev–Trinajstić information content (AvgIpc) is 2.84. The number of esters is 1. The van der Waals surface area contributed by atoms with Crippen molar-refractivity contribution in [1.29, 1.82) is 0 Å². The van der Waals surface area contributed by atoms with E-state index in [-0.39, 0.29) is 17.8 Å². The molecule has 1 unspecified atom stereocenters. The van der Waals surface area contributed by atoms with Crippen molar-refractivity contribution in [3.8, 4) is 5.75 Å². The third-order valence-electron chi connectivity index (χ3n) is 4.35. The number of rotatable bonds is 3. The van der Waals surface area contributed by atoms with Crippen molar-refractivity contribution in [2.45, 2.75) is 46.3 Å². The number of nitrogens with zero attached hydrogens (tertiary/aromatic N) is 2. The van der Waals surface area contributed by atoms with Gasteiger partial charge in [-0.1, -0.05) is 12.1 Å². The number of aromatic nitrogens is 2. The molecule has 136 valence electrons. The van der Waals surface area contributed by atoms with Gasteiger partial charge in [-0.3, -0.25) is 0 Å². The number of ether oxygens (including phenoxy) is 1. The SMILES string of the molecule is Cc1c(C(=O)OC(C)(C)C)c2cccnc2n1C(C)c1cccc(O)c1. The summed E-state index contributed by atoms with van der Waals surface area (Å²) in [5, 5.41) is 10.6. The molecule has 1 N–H and O–H groups in total. The number of benzene rings is 1. The lowest BCUT2D eigenvalue weighted by atomic mass is 10.1. The Bertz CT molecular complexity index is 967. The Morgan fingerprint density at radius 2 is 1.96 bits per heavy atom. The molecule has 0 radical (unpaired) electrons. The molecule has 1 aromatic carbocycles. The predicted molar refractivity (Wildman–Crippen MR) is 102 cm³/mol. The number of pyridine rings is 1. The first-order valence-electron chi connectivity index (χ1n) is 8.67. The van der Waals surface area contributed by atoms with Gasteiger partial charge in [0.05, 0.1) is 11.6 Å². The fraction of sp³-hybridized carbons (Fsp3) is 0.333. The van der Waals surface area contributed by atoms with Crippen LogP contribution in [0.3, 0.4) is 0 Å². The molecule has 0 aliphatic rings. The van der Waals surface area contributed by atoms with E-state index in [9.17, 15) is 9.90 Å². The molecule has 0 saturated carbocycles. The van der Waals surface area contributed by atoms with Crippen molar-refractivity contribution in [3.05, 3.63) is 59.4 Å². The Morgan fingerprint density at radius 1 is 1.23 bits per heavy atom. The van der Waals surface area contributed by atoms with Crippen molar-refractivity contribution in [2.24, 2.45) is 0 Å². The molecule has 2 aromatic heterocycles. The van der Waals surface area contributed by atoms with E-state index in [0.717, 1.165) is 22.3 Å². The molecular weight excluding hydrogens is 328 g/mol. The minimum Gasteiger partial charge on any atom is -0.508 e. The van der Waals surface area contributed by atoms with Gasteiger partial charge >= 0.3 is 5.97 Å². The number of phenolic OH excluding ortho intramolecular Hbond substituents is 1. The predicted octanol–water partition coefficient (Wildman–Crippen LogP) is 4.61. The smallest absolute Gasteiger partial charge is 0.341 e. The maximum atomic E-state index is 12.8. The molecule has 0 spiro atoms. The maximum Gasteiger partial charge on any atom is 0.341 e. The highest BCUT2D eigenvalue weighted by Gasteiger charge is 2.27. The van der Waals surface area contributed by atoms with E-state index in [4.69, 9.17) is 4.74 Å². The third-order valence-corrected chi connectivity index (χ3v) is 4.35. The number of aromatic hydroxyl groups is 1. The van der Waals surface area contributed by atoms with Crippen LogP contribution in [0.4, 0.5) is 0 Å². The van der Waals surface area contributed by atoms with E-state index in [1.807, 2.05) is 63.5 Å². The summed E-state index contributed by atoms with van der Waals surface area (Å²) in [6.45, 7) is 9.49. The molecule has 2 heterocycles. The molecule has 26 heavy (non-hydrogen) atoms. The first-order valence-corrected chi connectivity index (χ1v) is 8.67. The lowest BCUT2D eigenvalue weighted by molar-refractivity contribution is 0.00707. The number of fused-ring (bicyclic) bond motifs is 1. The van der Waals surface area contributed by atoms with Gasteiger partial charge in [0, 0.05) is 17.3 Å². The topological polar surface area (TPSA) is 64.3 Å². The first-order chi connectivity index (χ1) is 12.2. The zero-order valence-electron chi connectivity index (χ0n) is 15.8. The summed E-state index contributed by atoms with van der Waals surface area (Å²) in [6.07, 6.45) is 1.71. The second-order valence-corrected chi connectivity index (χ2v) is 7.48. The fourth-order valence-electron chi connectivity index (χ4n) is 3.25. The Morgan fingerprint density at radius 3 is 2.62 bits per heavy atom. The van der Waals surface area contributed by atoms with Crippen molar-refractivity contribution in [3.63, 3.8) is 0 Å². The van der Waals surface area contributed by atoms with Crippen LogP contribution in [0, 0.1) is 6.92 Å². The monoisotopic (exact) mass is 352 g/mol. The minimum absolute atomic E-state index is 0.101. The van der Waals surface area contributed by atoms with Gasteiger partial charge in [-0.2, -0.15) is 0 Å². The number of hydrogen-bond donors (Lipinski definition) is 1. The maximum absolute atomic E-state index is 12.8. The molecule has 3 rings (SSSR count). The Balaban J connectivity index is 2.18. The van der Waals surface area contributed by atoms with E-state index in [2.05, 4.69) is 4.98 Å². The van der Waals surface area contributed by atoms with Crippen molar-refractivity contribution in [1.82, 2.24) is 9.55 Å². The van der Waals surface area contributed by atoms with Crippen LogP contribution >= 0.6 is 0 Å². The summed E-state index contributed by atoms with van der Waals surface area (Å²) in [5.41, 5.74) is 2.42. The molecule has 0 fully saturated rings. The van der Waals surface area contributed by atoms with Crippen LogP contribution in [0.1, 0.15) is 55.4 Å². The number of carbonyl (C=O) groups is 1. The molecular formula is C21H24N2O3. The second kappa shape index (κ2) is 6.48. The van der Waals surface area contributed by atoms with Gasteiger partial charge < -0.3 is 14.4 Å². The Hall–Kier alpha value is -2.82. The van der Waals surface area contributed by atoms with Gasteiger partial charge in [0.1, 0.15) is 17.0 Å². The van der Waals surface area contributed by atoms with E-state index in [0.29, 0.717) is 5.56 Å². The molecule has 5 nitrogen and oxygen atoms in total. The van der Waals surface area contributed by atoms with Gasteiger partial charge in [0.15, 0.2) is 0 Å². The lowest BCUT2D eigenvalue weighted by Crippen LogP contribution is -2.24. The van der Waals surface area contributed by atoms with Gasteiger partial charge in [-0.25, -0.2) is 9.78 Å².